The van der Waals surface area contributed by atoms with Gasteiger partial charge in [0, 0.05) is 0 Å². The molecule has 0 amide bonds. The first-order valence-corrected chi connectivity index (χ1v) is 11.3. The fourth-order valence-electron chi connectivity index (χ4n) is 3.33. The zero-order valence-electron chi connectivity index (χ0n) is 19.7. The van der Waals surface area contributed by atoms with Gasteiger partial charge < -0.3 is 18.9 Å². The quantitative estimate of drug-likeness (QED) is 0.245. The van der Waals surface area contributed by atoms with Gasteiger partial charge in [-0.05, 0) is 52.2 Å². The van der Waals surface area contributed by atoms with Crippen LogP contribution in [0.4, 0.5) is 0 Å². The topological polar surface area (TPSA) is 105 Å². The summed E-state index contributed by atoms with van der Waals surface area (Å²) < 4.78 is 20.6. The van der Waals surface area contributed by atoms with Gasteiger partial charge in [-0.1, -0.05) is 26.2 Å². The molecule has 0 aliphatic heterocycles. The van der Waals surface area contributed by atoms with E-state index in [0.29, 0.717) is 6.42 Å². The van der Waals surface area contributed by atoms with Crippen LogP contribution in [0.3, 0.4) is 0 Å². The summed E-state index contributed by atoms with van der Waals surface area (Å²) in [6.07, 6.45) is 3.72. The van der Waals surface area contributed by atoms with Crippen LogP contribution < -0.4 is 0 Å². The molecule has 0 unspecified atom stereocenters. The standard InChI is InChI=1S/C24H34O8/c1-6-11-12-13-14-16-19(23(27)31-9-4)17(21(25)29-7-2)15-18(22(26)30-8-3)20(16)24(28)32-10-5/h15H,6-14H2,1-5H3. The van der Waals surface area contributed by atoms with Crippen molar-refractivity contribution in [1.82, 2.24) is 0 Å². The van der Waals surface area contributed by atoms with Gasteiger partial charge in [0.15, 0.2) is 0 Å². The lowest BCUT2D eigenvalue weighted by Gasteiger charge is -2.19. The third-order valence-electron chi connectivity index (χ3n) is 4.66. The average Bonchev–Trinajstić information content (AvgIpc) is 2.76. The molecule has 0 spiro atoms. The molecule has 0 aliphatic rings. The molecule has 178 valence electrons. The summed E-state index contributed by atoms with van der Waals surface area (Å²) in [5.41, 5.74) is -0.166. The van der Waals surface area contributed by atoms with Gasteiger partial charge in [0.05, 0.1) is 48.7 Å². The Morgan fingerprint density at radius 1 is 0.594 bits per heavy atom. The van der Waals surface area contributed by atoms with E-state index in [2.05, 4.69) is 6.92 Å². The van der Waals surface area contributed by atoms with Crippen molar-refractivity contribution in [2.45, 2.75) is 66.7 Å². The highest BCUT2D eigenvalue weighted by Gasteiger charge is 2.33. The summed E-state index contributed by atoms with van der Waals surface area (Å²) in [7, 11) is 0. The molecule has 0 saturated carbocycles. The number of hydrogen-bond acceptors (Lipinski definition) is 8. The lowest BCUT2D eigenvalue weighted by molar-refractivity contribution is 0.0460. The van der Waals surface area contributed by atoms with Crippen LogP contribution in [-0.2, 0) is 25.4 Å². The number of carbonyl (C=O) groups excluding carboxylic acids is 4. The SMILES string of the molecule is CCCCCCc1c(C(=O)OCC)c(C(=O)OCC)cc(C(=O)OCC)c1C(=O)OCC. The summed E-state index contributed by atoms with van der Waals surface area (Å²) in [6.45, 7) is 8.90. The second-order valence-electron chi connectivity index (χ2n) is 6.89. The van der Waals surface area contributed by atoms with Gasteiger partial charge in [-0.25, -0.2) is 19.2 Å². The molecule has 0 atom stereocenters. The van der Waals surface area contributed by atoms with Gasteiger partial charge in [-0.2, -0.15) is 0 Å². The number of ether oxygens (including phenoxy) is 4. The molecule has 8 nitrogen and oxygen atoms in total. The molecule has 1 aromatic carbocycles. The zero-order chi connectivity index (χ0) is 24.1. The second-order valence-corrected chi connectivity index (χ2v) is 6.89. The normalized spacial score (nSPS) is 10.4. The molecule has 1 aromatic rings. The van der Waals surface area contributed by atoms with Gasteiger partial charge in [0.2, 0.25) is 0 Å². The Kier molecular flexibility index (Phi) is 12.1. The van der Waals surface area contributed by atoms with E-state index >= 15 is 0 Å². The van der Waals surface area contributed by atoms with Gasteiger partial charge in [-0.15, -0.1) is 0 Å². The van der Waals surface area contributed by atoms with Crippen LogP contribution in [0.2, 0.25) is 0 Å². The van der Waals surface area contributed by atoms with Crippen LogP contribution >= 0.6 is 0 Å². The number of carbonyl (C=O) groups is 4. The first kappa shape index (κ1) is 27.1. The maximum absolute atomic E-state index is 12.9. The van der Waals surface area contributed by atoms with E-state index in [1.165, 1.54) is 6.07 Å². The van der Waals surface area contributed by atoms with Gasteiger partial charge in [0.1, 0.15) is 0 Å². The molecular weight excluding hydrogens is 416 g/mol. The number of esters is 4. The Morgan fingerprint density at radius 2 is 1.00 bits per heavy atom. The van der Waals surface area contributed by atoms with Crippen molar-refractivity contribution in [1.29, 1.82) is 0 Å². The number of rotatable bonds is 13. The minimum Gasteiger partial charge on any atom is -0.462 e. The van der Waals surface area contributed by atoms with Crippen molar-refractivity contribution in [3.8, 4) is 0 Å². The largest absolute Gasteiger partial charge is 0.462 e. The highest BCUT2D eigenvalue weighted by atomic mass is 16.5. The summed E-state index contributed by atoms with van der Waals surface area (Å²) in [5.74, 6) is -3.10. The van der Waals surface area contributed by atoms with Gasteiger partial charge >= 0.3 is 23.9 Å². The summed E-state index contributed by atoms with van der Waals surface area (Å²) in [6, 6.07) is 1.17. The first-order chi connectivity index (χ1) is 15.4. The molecule has 1 rings (SSSR count). The molecule has 0 radical (unpaired) electrons. The molecule has 0 fully saturated rings. The van der Waals surface area contributed by atoms with Crippen LogP contribution in [-0.4, -0.2) is 50.3 Å². The van der Waals surface area contributed by atoms with Crippen molar-refractivity contribution in [2.24, 2.45) is 0 Å². The minimum atomic E-state index is -0.786. The van der Waals surface area contributed by atoms with E-state index in [4.69, 9.17) is 18.9 Å². The van der Waals surface area contributed by atoms with E-state index < -0.39 is 23.9 Å². The Labute approximate surface area is 189 Å². The fraction of sp³-hybridized carbons (Fsp3) is 0.583. The predicted octanol–water partition coefficient (Wildman–Crippen LogP) is 4.52. The second kappa shape index (κ2) is 14.2. The number of hydrogen-bond donors (Lipinski definition) is 0. The maximum Gasteiger partial charge on any atom is 0.339 e. The molecule has 32 heavy (non-hydrogen) atoms. The molecule has 0 bridgehead atoms. The van der Waals surface area contributed by atoms with E-state index in [0.717, 1.165) is 19.3 Å². The van der Waals surface area contributed by atoms with E-state index in [1.807, 2.05) is 0 Å². The van der Waals surface area contributed by atoms with Crippen LogP contribution in [0.25, 0.3) is 0 Å². The zero-order valence-corrected chi connectivity index (χ0v) is 19.7. The molecule has 8 heteroatoms. The Balaban J connectivity index is 3.91. The van der Waals surface area contributed by atoms with Crippen molar-refractivity contribution >= 4 is 23.9 Å². The van der Waals surface area contributed by atoms with Crippen molar-refractivity contribution in [3.63, 3.8) is 0 Å². The fourth-order valence-corrected chi connectivity index (χ4v) is 3.33. The molecule has 0 N–H and O–H groups in total. The Bertz CT molecular complexity index is 754. The van der Waals surface area contributed by atoms with Crippen LogP contribution in [0.15, 0.2) is 6.07 Å². The molecular formula is C24H34O8. The average molecular weight is 451 g/mol. The van der Waals surface area contributed by atoms with Gasteiger partial charge in [-0.3, -0.25) is 0 Å². The lowest BCUT2D eigenvalue weighted by Crippen LogP contribution is -2.24. The molecule has 0 heterocycles. The molecule has 0 aliphatic carbocycles. The highest BCUT2D eigenvalue weighted by molar-refractivity contribution is 6.12. The number of benzene rings is 1. The van der Waals surface area contributed by atoms with E-state index in [9.17, 15) is 19.2 Å². The summed E-state index contributed by atoms with van der Waals surface area (Å²) in [5, 5.41) is 0. The van der Waals surface area contributed by atoms with Crippen molar-refractivity contribution in [2.75, 3.05) is 26.4 Å². The first-order valence-electron chi connectivity index (χ1n) is 11.3. The Morgan fingerprint density at radius 3 is 1.38 bits per heavy atom. The third-order valence-corrected chi connectivity index (χ3v) is 4.66. The monoisotopic (exact) mass is 450 g/mol. The minimum absolute atomic E-state index is 0.0707. The van der Waals surface area contributed by atoms with Crippen LogP contribution in [0.5, 0.6) is 0 Å². The van der Waals surface area contributed by atoms with Crippen LogP contribution in [0.1, 0.15) is 107 Å². The number of unbranched alkanes of at least 4 members (excludes halogenated alkanes) is 3. The van der Waals surface area contributed by atoms with E-state index in [-0.39, 0.29) is 60.7 Å². The third kappa shape index (κ3) is 7.07. The Hall–Kier alpha value is -2.90. The molecule has 0 saturated heterocycles. The smallest absolute Gasteiger partial charge is 0.339 e. The summed E-state index contributed by atoms with van der Waals surface area (Å²) >= 11 is 0. The summed E-state index contributed by atoms with van der Waals surface area (Å²) in [4.78, 5) is 51.3. The predicted molar refractivity (Wildman–Crippen MR) is 118 cm³/mol. The molecule has 0 aromatic heterocycles. The van der Waals surface area contributed by atoms with E-state index in [1.54, 1.807) is 27.7 Å². The van der Waals surface area contributed by atoms with Crippen molar-refractivity contribution < 1.29 is 38.1 Å². The lowest BCUT2D eigenvalue weighted by atomic mass is 9.88. The van der Waals surface area contributed by atoms with Crippen molar-refractivity contribution in [3.05, 3.63) is 33.9 Å². The maximum atomic E-state index is 12.9. The highest BCUT2D eigenvalue weighted by Crippen LogP contribution is 2.29. The van der Waals surface area contributed by atoms with Crippen LogP contribution in [0, 0.1) is 0 Å². The van der Waals surface area contributed by atoms with Gasteiger partial charge in [0.25, 0.3) is 0 Å².